The average molecular weight is 331 g/mol. The fraction of sp³-hybridized carbons (Fsp3) is 0.526. The fourth-order valence-electron chi connectivity index (χ4n) is 3.63. The van der Waals surface area contributed by atoms with Gasteiger partial charge in [-0.15, -0.1) is 0 Å². The molecule has 0 unspecified atom stereocenters. The van der Waals surface area contributed by atoms with Gasteiger partial charge in [0.2, 0.25) is 0 Å². The quantitative estimate of drug-likeness (QED) is 0.793. The van der Waals surface area contributed by atoms with Gasteiger partial charge >= 0.3 is 0 Å². The van der Waals surface area contributed by atoms with Crippen LogP contribution < -0.4 is 0 Å². The van der Waals surface area contributed by atoms with Crippen molar-refractivity contribution in [2.45, 2.75) is 43.6 Å². The van der Waals surface area contributed by atoms with Crippen molar-refractivity contribution in [2.24, 2.45) is 0 Å². The van der Waals surface area contributed by atoms with Gasteiger partial charge in [-0.25, -0.2) is 0 Å². The minimum atomic E-state index is -0.287. The maximum Gasteiger partial charge on any atom is 0.252 e. The number of carbonyl (C=O) groups excluding carboxylic acids is 1. The van der Waals surface area contributed by atoms with Gasteiger partial charge in [0.05, 0.1) is 12.6 Å². The molecule has 0 radical (unpaired) electrons. The Bertz CT molecular complexity index is 593. The molecule has 2 aliphatic rings. The predicted octanol–water partition coefficient (Wildman–Crippen LogP) is 3.60. The lowest BCUT2D eigenvalue weighted by molar-refractivity contribution is -0.148. The fourth-order valence-corrected chi connectivity index (χ4v) is 4.21. The Kier molecular flexibility index (Phi) is 5.12. The molecule has 23 heavy (non-hydrogen) atoms. The van der Waals surface area contributed by atoms with Crippen molar-refractivity contribution < 1.29 is 9.53 Å². The number of carbonyl (C=O) groups is 1. The molecule has 3 nitrogen and oxygen atoms in total. The molecule has 3 atom stereocenters. The second kappa shape index (κ2) is 7.10. The Hall–Kier alpha value is -1.26. The number of rotatable bonds is 3. The van der Waals surface area contributed by atoms with Gasteiger partial charge in [0, 0.05) is 11.8 Å². The average Bonchev–Trinajstić information content (AvgIpc) is 2.60. The number of ether oxygens (including phenoxy) is 1. The Morgan fingerprint density at radius 1 is 1.35 bits per heavy atom. The summed E-state index contributed by atoms with van der Waals surface area (Å²) in [5.74, 6) is 0.132. The van der Waals surface area contributed by atoms with Crippen molar-refractivity contribution in [1.82, 2.24) is 4.90 Å². The molecule has 0 spiro atoms. The van der Waals surface area contributed by atoms with Crippen LogP contribution in [0.5, 0.6) is 0 Å². The first-order chi connectivity index (χ1) is 11.1. The number of hydrogen-bond donors (Lipinski definition) is 0. The summed E-state index contributed by atoms with van der Waals surface area (Å²) in [6, 6.07) is 8.38. The van der Waals surface area contributed by atoms with E-state index in [-0.39, 0.29) is 18.1 Å². The van der Waals surface area contributed by atoms with Crippen molar-refractivity contribution >= 4 is 17.7 Å². The predicted molar refractivity (Wildman–Crippen MR) is 95.7 cm³/mol. The van der Waals surface area contributed by atoms with Crippen LogP contribution in [0.3, 0.4) is 0 Å². The minimum absolute atomic E-state index is 0.0191. The number of hydrogen-bond acceptors (Lipinski definition) is 3. The number of benzene rings is 1. The number of amides is 1. The summed E-state index contributed by atoms with van der Waals surface area (Å²) in [5.41, 5.74) is 3.57. The lowest BCUT2D eigenvalue weighted by atomic mass is 9.88. The normalized spacial score (nSPS) is 27.4. The lowest BCUT2D eigenvalue weighted by Crippen LogP contribution is -2.48. The molecular formula is C19H25NO2S. The second-order valence-electron chi connectivity index (χ2n) is 6.49. The summed E-state index contributed by atoms with van der Waals surface area (Å²) in [4.78, 5) is 15.0. The van der Waals surface area contributed by atoms with Crippen molar-refractivity contribution in [3.8, 4) is 0 Å². The van der Waals surface area contributed by atoms with Crippen LogP contribution in [0.2, 0.25) is 0 Å². The Balaban J connectivity index is 1.79. The zero-order valence-corrected chi connectivity index (χ0v) is 14.8. The second-order valence-corrected chi connectivity index (χ2v) is 7.62. The summed E-state index contributed by atoms with van der Waals surface area (Å²) in [7, 11) is 0. The number of fused-ring (bicyclic) bond motifs is 1. The van der Waals surface area contributed by atoms with Gasteiger partial charge in [-0.3, -0.25) is 4.79 Å². The molecule has 1 aromatic rings. The number of thioether (sulfide) groups is 1. The first-order valence-electron chi connectivity index (χ1n) is 8.30. The summed E-state index contributed by atoms with van der Waals surface area (Å²) < 4.78 is 5.87. The van der Waals surface area contributed by atoms with E-state index in [1.54, 1.807) is 0 Å². The van der Waals surface area contributed by atoms with E-state index >= 15 is 0 Å². The molecule has 0 saturated carbocycles. The van der Waals surface area contributed by atoms with Crippen LogP contribution in [0.15, 0.2) is 36.4 Å². The first kappa shape index (κ1) is 16.6. The lowest BCUT2D eigenvalue weighted by Gasteiger charge is -2.40. The van der Waals surface area contributed by atoms with Crippen LogP contribution in [-0.4, -0.2) is 41.6 Å². The van der Waals surface area contributed by atoms with Gasteiger partial charge in [0.25, 0.3) is 5.91 Å². The molecule has 1 amide bonds. The largest absolute Gasteiger partial charge is 0.367 e. The van der Waals surface area contributed by atoms with Gasteiger partial charge in [0.1, 0.15) is 6.10 Å². The molecule has 0 N–H and O–H groups in total. The molecule has 2 heterocycles. The summed E-state index contributed by atoms with van der Waals surface area (Å²) in [5, 5.41) is 0.526. The standard InChI is InChI=1S/C19H25NO2S/c1-13(2)18-16-7-5-4-6-14(16)10-11-20(18)19(21)17-9-8-15(23-3)12-22-17/h4-7,15,17-18H,1,8-12H2,2-3H3/t15-,17+,18-/m0/s1. The van der Waals surface area contributed by atoms with Crippen molar-refractivity contribution in [3.05, 3.63) is 47.5 Å². The van der Waals surface area contributed by atoms with E-state index in [1.165, 1.54) is 11.1 Å². The summed E-state index contributed by atoms with van der Waals surface area (Å²) in [6.07, 6.45) is 4.61. The van der Waals surface area contributed by atoms with E-state index in [0.29, 0.717) is 11.9 Å². The molecule has 1 fully saturated rings. The number of nitrogens with zero attached hydrogens (tertiary/aromatic N) is 1. The Morgan fingerprint density at radius 3 is 2.78 bits per heavy atom. The van der Waals surface area contributed by atoms with E-state index in [9.17, 15) is 4.79 Å². The van der Waals surface area contributed by atoms with Crippen LogP contribution in [0, 0.1) is 0 Å². The third kappa shape index (κ3) is 3.33. The van der Waals surface area contributed by atoms with E-state index in [0.717, 1.165) is 31.4 Å². The molecular weight excluding hydrogens is 306 g/mol. The molecule has 0 bridgehead atoms. The zero-order chi connectivity index (χ0) is 16.4. The third-order valence-corrected chi connectivity index (χ3v) is 5.91. The topological polar surface area (TPSA) is 29.5 Å². The van der Waals surface area contributed by atoms with Crippen molar-refractivity contribution in [2.75, 3.05) is 19.4 Å². The molecule has 1 saturated heterocycles. The molecule has 0 aliphatic carbocycles. The minimum Gasteiger partial charge on any atom is -0.367 e. The van der Waals surface area contributed by atoms with Crippen LogP contribution in [0.4, 0.5) is 0 Å². The van der Waals surface area contributed by atoms with Crippen LogP contribution in [0.1, 0.15) is 36.9 Å². The molecule has 1 aromatic carbocycles. The monoisotopic (exact) mass is 331 g/mol. The maximum absolute atomic E-state index is 13.0. The van der Waals surface area contributed by atoms with Crippen molar-refractivity contribution in [1.29, 1.82) is 0 Å². The van der Waals surface area contributed by atoms with Crippen molar-refractivity contribution in [3.63, 3.8) is 0 Å². The zero-order valence-electron chi connectivity index (χ0n) is 14.0. The third-order valence-electron chi connectivity index (χ3n) is 4.88. The molecule has 4 heteroatoms. The Morgan fingerprint density at radius 2 is 2.13 bits per heavy atom. The molecule has 0 aromatic heterocycles. The van der Waals surface area contributed by atoms with Gasteiger partial charge in [0.15, 0.2) is 0 Å². The maximum atomic E-state index is 13.0. The van der Waals surface area contributed by atoms with Crippen LogP contribution >= 0.6 is 11.8 Å². The molecule has 3 rings (SSSR count). The van der Waals surface area contributed by atoms with E-state index < -0.39 is 0 Å². The van der Waals surface area contributed by atoms with E-state index in [1.807, 2.05) is 29.7 Å². The molecule has 2 aliphatic heterocycles. The highest BCUT2D eigenvalue weighted by Crippen LogP contribution is 2.35. The van der Waals surface area contributed by atoms with Crippen LogP contribution in [0.25, 0.3) is 0 Å². The smallest absolute Gasteiger partial charge is 0.252 e. The van der Waals surface area contributed by atoms with Gasteiger partial charge in [-0.05, 0) is 43.6 Å². The van der Waals surface area contributed by atoms with E-state index in [4.69, 9.17) is 4.74 Å². The van der Waals surface area contributed by atoms with Gasteiger partial charge in [-0.2, -0.15) is 11.8 Å². The summed E-state index contributed by atoms with van der Waals surface area (Å²) in [6.45, 7) is 7.58. The summed E-state index contributed by atoms with van der Waals surface area (Å²) >= 11 is 1.83. The van der Waals surface area contributed by atoms with Gasteiger partial charge in [-0.1, -0.05) is 36.4 Å². The van der Waals surface area contributed by atoms with E-state index in [2.05, 4.69) is 31.0 Å². The molecule has 124 valence electrons. The Labute approximate surface area is 143 Å². The SMILES string of the molecule is C=C(C)[C@H]1c2ccccc2CCN1C(=O)[C@H]1CC[C@H](SC)CO1. The highest BCUT2D eigenvalue weighted by Gasteiger charge is 2.36. The highest BCUT2D eigenvalue weighted by atomic mass is 32.2. The van der Waals surface area contributed by atoms with Gasteiger partial charge < -0.3 is 9.64 Å². The van der Waals surface area contributed by atoms with Crippen LogP contribution in [-0.2, 0) is 16.0 Å². The highest BCUT2D eigenvalue weighted by molar-refractivity contribution is 7.99. The first-order valence-corrected chi connectivity index (χ1v) is 9.58.